The van der Waals surface area contributed by atoms with Crippen LogP contribution in [0.1, 0.15) is 17.5 Å². The van der Waals surface area contributed by atoms with E-state index in [-0.39, 0.29) is 6.54 Å². The first-order valence-corrected chi connectivity index (χ1v) is 8.22. The Balaban J connectivity index is 2.50. The number of carbonyl (C=O) groups is 2. The van der Waals surface area contributed by atoms with E-state index < -0.39 is 18.0 Å². The molecule has 116 valence electrons. The lowest BCUT2D eigenvalue weighted by Gasteiger charge is -2.15. The second-order valence-electron chi connectivity index (χ2n) is 4.59. The summed E-state index contributed by atoms with van der Waals surface area (Å²) in [5, 5.41) is 14.7. The van der Waals surface area contributed by atoms with Gasteiger partial charge >= 0.3 is 12.0 Å². The summed E-state index contributed by atoms with van der Waals surface area (Å²) >= 11 is 7.60. The molecule has 21 heavy (non-hydrogen) atoms. The van der Waals surface area contributed by atoms with E-state index in [4.69, 9.17) is 16.7 Å². The molecule has 1 aromatic rings. The predicted molar refractivity (Wildman–Crippen MR) is 86.0 cm³/mol. The number of benzene rings is 1. The van der Waals surface area contributed by atoms with Gasteiger partial charge in [0, 0.05) is 11.6 Å². The Bertz CT molecular complexity index is 511. The van der Waals surface area contributed by atoms with Gasteiger partial charge in [-0.05, 0) is 42.5 Å². The Morgan fingerprint density at radius 1 is 1.43 bits per heavy atom. The molecule has 0 radical (unpaired) electrons. The Morgan fingerprint density at radius 2 is 2.14 bits per heavy atom. The third-order valence-electron chi connectivity index (χ3n) is 2.86. The minimum atomic E-state index is -1.03. The quantitative estimate of drug-likeness (QED) is 0.718. The molecule has 0 saturated heterocycles. The largest absolute Gasteiger partial charge is 0.480 e. The maximum absolute atomic E-state index is 11.7. The molecule has 0 saturated carbocycles. The zero-order valence-electron chi connectivity index (χ0n) is 12.0. The fourth-order valence-electron chi connectivity index (χ4n) is 1.67. The van der Waals surface area contributed by atoms with E-state index in [1.165, 1.54) is 11.8 Å². The van der Waals surface area contributed by atoms with E-state index in [2.05, 4.69) is 10.6 Å². The molecule has 0 fully saturated rings. The van der Waals surface area contributed by atoms with Crippen molar-refractivity contribution in [3.8, 4) is 0 Å². The molecular weight excluding hydrogens is 312 g/mol. The first-order chi connectivity index (χ1) is 9.93. The molecule has 0 spiro atoms. The Morgan fingerprint density at radius 3 is 2.71 bits per heavy atom. The van der Waals surface area contributed by atoms with Crippen LogP contribution in [0.25, 0.3) is 0 Å². The monoisotopic (exact) mass is 330 g/mol. The fraction of sp³-hybridized carbons (Fsp3) is 0.429. The predicted octanol–water partition coefficient (Wildman–Crippen LogP) is 2.65. The Labute approximate surface area is 133 Å². The van der Waals surface area contributed by atoms with Gasteiger partial charge in [0.15, 0.2) is 0 Å². The average Bonchev–Trinajstić information content (AvgIpc) is 2.42. The molecule has 7 heteroatoms. The van der Waals surface area contributed by atoms with Crippen LogP contribution in [-0.2, 0) is 11.3 Å². The van der Waals surface area contributed by atoms with E-state index in [0.29, 0.717) is 17.2 Å². The van der Waals surface area contributed by atoms with Crippen LogP contribution in [-0.4, -0.2) is 35.2 Å². The molecule has 0 aliphatic carbocycles. The summed E-state index contributed by atoms with van der Waals surface area (Å²) in [7, 11) is 0. The highest BCUT2D eigenvalue weighted by atomic mass is 35.5. The fourth-order valence-corrected chi connectivity index (χ4v) is 2.45. The van der Waals surface area contributed by atoms with Gasteiger partial charge < -0.3 is 15.7 Å². The van der Waals surface area contributed by atoms with Crippen molar-refractivity contribution in [2.75, 3.05) is 12.0 Å². The van der Waals surface area contributed by atoms with E-state index >= 15 is 0 Å². The number of carbonyl (C=O) groups excluding carboxylic acids is 1. The maximum atomic E-state index is 11.7. The first-order valence-electron chi connectivity index (χ1n) is 6.45. The van der Waals surface area contributed by atoms with Crippen molar-refractivity contribution in [2.45, 2.75) is 25.9 Å². The lowest BCUT2D eigenvalue weighted by molar-refractivity contribution is -0.139. The van der Waals surface area contributed by atoms with Gasteiger partial charge in [-0.1, -0.05) is 23.7 Å². The summed E-state index contributed by atoms with van der Waals surface area (Å²) in [6, 6.07) is 4.15. The number of hydrogen-bond donors (Lipinski definition) is 3. The van der Waals surface area contributed by atoms with Crippen LogP contribution < -0.4 is 10.6 Å². The van der Waals surface area contributed by atoms with Crippen LogP contribution in [0, 0.1) is 6.92 Å². The van der Waals surface area contributed by atoms with Crippen molar-refractivity contribution >= 4 is 35.4 Å². The van der Waals surface area contributed by atoms with Gasteiger partial charge in [0.1, 0.15) is 6.04 Å². The number of carboxylic acids is 1. The lowest BCUT2D eigenvalue weighted by Crippen LogP contribution is -2.46. The summed E-state index contributed by atoms with van der Waals surface area (Å²) < 4.78 is 0. The van der Waals surface area contributed by atoms with Gasteiger partial charge in [-0.2, -0.15) is 11.8 Å². The minimum Gasteiger partial charge on any atom is -0.480 e. The third kappa shape index (κ3) is 6.27. The molecule has 0 aliphatic heterocycles. The van der Waals surface area contributed by atoms with Gasteiger partial charge in [0.2, 0.25) is 0 Å². The van der Waals surface area contributed by atoms with Crippen molar-refractivity contribution in [2.24, 2.45) is 0 Å². The molecule has 3 N–H and O–H groups in total. The van der Waals surface area contributed by atoms with Crippen molar-refractivity contribution in [3.63, 3.8) is 0 Å². The number of nitrogens with one attached hydrogen (secondary N) is 2. The van der Waals surface area contributed by atoms with Crippen LogP contribution >= 0.6 is 23.4 Å². The molecule has 5 nitrogen and oxygen atoms in total. The zero-order chi connectivity index (χ0) is 15.8. The third-order valence-corrected chi connectivity index (χ3v) is 3.86. The number of hydrogen-bond acceptors (Lipinski definition) is 3. The van der Waals surface area contributed by atoms with Crippen LogP contribution in [0.15, 0.2) is 18.2 Å². The summed E-state index contributed by atoms with van der Waals surface area (Å²) in [6.45, 7) is 2.18. The molecule has 1 atom stereocenters. The smallest absolute Gasteiger partial charge is 0.326 e. The maximum Gasteiger partial charge on any atom is 0.326 e. The molecule has 0 aromatic heterocycles. The molecular formula is C14H19ClN2O3S. The second-order valence-corrected chi connectivity index (χ2v) is 5.99. The van der Waals surface area contributed by atoms with E-state index in [1.807, 2.05) is 31.4 Å². The molecule has 1 aromatic carbocycles. The van der Waals surface area contributed by atoms with Crippen LogP contribution in [0.5, 0.6) is 0 Å². The van der Waals surface area contributed by atoms with Gasteiger partial charge in [-0.25, -0.2) is 9.59 Å². The summed E-state index contributed by atoms with van der Waals surface area (Å²) in [5.74, 6) is -0.367. The summed E-state index contributed by atoms with van der Waals surface area (Å²) in [6.07, 6.45) is 2.27. The molecule has 0 heterocycles. The van der Waals surface area contributed by atoms with Crippen LogP contribution in [0.3, 0.4) is 0 Å². The van der Waals surface area contributed by atoms with E-state index in [9.17, 15) is 9.59 Å². The molecule has 2 amide bonds. The topological polar surface area (TPSA) is 78.4 Å². The number of aliphatic carboxylic acids is 1. The molecule has 0 aliphatic rings. The van der Waals surface area contributed by atoms with Crippen LogP contribution in [0.2, 0.25) is 5.02 Å². The lowest BCUT2D eigenvalue weighted by atomic mass is 10.1. The summed E-state index contributed by atoms with van der Waals surface area (Å²) in [4.78, 5) is 22.8. The first kappa shape index (κ1) is 17.7. The number of rotatable bonds is 7. The van der Waals surface area contributed by atoms with Gasteiger partial charge in [-0.3, -0.25) is 0 Å². The number of amides is 2. The number of thioether (sulfide) groups is 1. The number of carboxylic acid groups (broad SMARTS) is 1. The SMILES string of the molecule is CSCCC(NC(=O)NCc1ccc(C)cc1Cl)C(=O)O. The molecule has 1 rings (SSSR count). The highest BCUT2D eigenvalue weighted by Crippen LogP contribution is 2.17. The van der Waals surface area contributed by atoms with Crippen LogP contribution in [0.4, 0.5) is 4.79 Å². The van der Waals surface area contributed by atoms with Gasteiger partial charge in [-0.15, -0.1) is 0 Å². The number of aryl methyl sites for hydroxylation is 1. The minimum absolute atomic E-state index is 0.250. The van der Waals surface area contributed by atoms with Crippen molar-refractivity contribution in [3.05, 3.63) is 34.3 Å². The Kier molecular flexibility index (Phi) is 7.39. The summed E-state index contributed by atoms with van der Waals surface area (Å²) in [5.41, 5.74) is 1.82. The van der Waals surface area contributed by atoms with E-state index in [0.717, 1.165) is 11.1 Å². The normalized spacial score (nSPS) is 11.8. The zero-order valence-corrected chi connectivity index (χ0v) is 13.6. The number of halogens is 1. The van der Waals surface area contributed by atoms with Crippen molar-refractivity contribution < 1.29 is 14.7 Å². The second kappa shape index (κ2) is 8.79. The van der Waals surface area contributed by atoms with Crippen molar-refractivity contribution in [1.82, 2.24) is 10.6 Å². The number of urea groups is 1. The van der Waals surface area contributed by atoms with E-state index in [1.54, 1.807) is 0 Å². The average molecular weight is 331 g/mol. The molecule has 1 unspecified atom stereocenters. The van der Waals surface area contributed by atoms with Gasteiger partial charge in [0.05, 0.1) is 0 Å². The van der Waals surface area contributed by atoms with Gasteiger partial charge in [0.25, 0.3) is 0 Å². The highest BCUT2D eigenvalue weighted by molar-refractivity contribution is 7.98. The standard InChI is InChI=1S/C14H19ClN2O3S/c1-9-3-4-10(11(15)7-9)8-16-14(20)17-12(13(18)19)5-6-21-2/h3-4,7,12H,5-6,8H2,1-2H3,(H,18,19)(H2,16,17,20). The van der Waals surface area contributed by atoms with Crippen molar-refractivity contribution in [1.29, 1.82) is 0 Å². The molecule has 0 bridgehead atoms. The Hall–Kier alpha value is -1.40. The highest BCUT2D eigenvalue weighted by Gasteiger charge is 2.19.